The average Bonchev–Trinajstić information content (AvgIpc) is 2.47. The van der Waals surface area contributed by atoms with Crippen molar-refractivity contribution in [1.82, 2.24) is 0 Å². The number of carbonyl (C=O) groups is 1. The van der Waals surface area contributed by atoms with Crippen molar-refractivity contribution in [2.75, 3.05) is 14.2 Å². The van der Waals surface area contributed by atoms with E-state index in [4.69, 9.17) is 21.1 Å². The van der Waals surface area contributed by atoms with Crippen molar-refractivity contribution >= 4 is 16.8 Å². The summed E-state index contributed by atoms with van der Waals surface area (Å²) in [5.41, 5.74) is 1.66. The number of aryl methyl sites for hydroxylation is 1. The summed E-state index contributed by atoms with van der Waals surface area (Å²) in [6.07, 6.45) is 0. The fraction of sp³-hybridized carbons (Fsp3) is 0.188. The second kappa shape index (κ2) is 8.23. The first kappa shape index (κ1) is 16.1. The largest absolute Gasteiger partial charge is 0.497 e. The van der Waals surface area contributed by atoms with Crippen LogP contribution in [0.4, 0.5) is 0 Å². The number of methoxy groups -OCH3 is 2. The number of hydrogen-bond acceptors (Lipinski definition) is 3. The number of halogens is 1. The minimum atomic E-state index is -0.542. The average molecular weight is 293 g/mol. The van der Waals surface area contributed by atoms with Crippen LogP contribution in [0.5, 0.6) is 11.5 Å². The van der Waals surface area contributed by atoms with Crippen LogP contribution in [-0.4, -0.2) is 19.5 Å². The van der Waals surface area contributed by atoms with Crippen molar-refractivity contribution in [2.24, 2.45) is 0 Å². The second-order valence-electron chi connectivity index (χ2n) is 3.99. The van der Waals surface area contributed by atoms with Crippen LogP contribution in [0, 0.1) is 6.92 Å². The van der Waals surface area contributed by atoms with Crippen LogP contribution in [0.15, 0.2) is 48.5 Å². The molecule has 0 aliphatic rings. The Kier molecular flexibility index (Phi) is 6.60. The predicted molar refractivity (Wildman–Crippen MR) is 80.9 cm³/mol. The van der Waals surface area contributed by atoms with E-state index in [1.165, 1.54) is 19.8 Å². The van der Waals surface area contributed by atoms with Gasteiger partial charge in [-0.05, 0) is 30.7 Å². The van der Waals surface area contributed by atoms with E-state index in [0.717, 1.165) is 0 Å². The van der Waals surface area contributed by atoms with E-state index >= 15 is 0 Å². The summed E-state index contributed by atoms with van der Waals surface area (Å²) in [4.78, 5) is 10.9. The quantitative estimate of drug-likeness (QED) is 0.800. The monoisotopic (exact) mass is 292 g/mol. The van der Waals surface area contributed by atoms with E-state index < -0.39 is 5.24 Å². The molecule has 0 N–H and O–H groups in total. The molecule has 0 saturated carbocycles. The van der Waals surface area contributed by atoms with Crippen molar-refractivity contribution in [3.8, 4) is 11.5 Å². The molecule has 2 aromatic rings. The highest BCUT2D eigenvalue weighted by molar-refractivity contribution is 6.68. The molecule has 0 aliphatic carbocycles. The molecular formula is C16H17ClO3. The van der Waals surface area contributed by atoms with Gasteiger partial charge in [0.1, 0.15) is 11.5 Å². The third-order valence-corrected chi connectivity index (χ3v) is 2.76. The molecule has 0 spiro atoms. The van der Waals surface area contributed by atoms with E-state index in [-0.39, 0.29) is 0 Å². The van der Waals surface area contributed by atoms with Gasteiger partial charge in [-0.3, -0.25) is 4.79 Å². The number of hydrogen-bond donors (Lipinski definition) is 0. The van der Waals surface area contributed by atoms with Crippen LogP contribution in [0.1, 0.15) is 15.9 Å². The van der Waals surface area contributed by atoms with Gasteiger partial charge >= 0.3 is 0 Å². The normalized spacial score (nSPS) is 9.20. The highest BCUT2D eigenvalue weighted by Crippen LogP contribution is 2.25. The third kappa shape index (κ3) is 4.94. The highest BCUT2D eigenvalue weighted by Gasteiger charge is 2.10. The van der Waals surface area contributed by atoms with Crippen LogP contribution < -0.4 is 9.47 Å². The maximum atomic E-state index is 10.9. The Balaban J connectivity index is 0.000000240. The van der Waals surface area contributed by atoms with Crippen molar-refractivity contribution in [3.05, 3.63) is 59.7 Å². The molecule has 0 bridgehead atoms. The lowest BCUT2D eigenvalue weighted by molar-refractivity contribution is 0.107. The van der Waals surface area contributed by atoms with E-state index in [1.54, 1.807) is 18.2 Å². The van der Waals surface area contributed by atoms with Crippen molar-refractivity contribution < 1.29 is 14.3 Å². The van der Waals surface area contributed by atoms with Crippen molar-refractivity contribution in [2.45, 2.75) is 6.92 Å². The van der Waals surface area contributed by atoms with Crippen LogP contribution in [0.2, 0.25) is 0 Å². The van der Waals surface area contributed by atoms with Gasteiger partial charge in [-0.1, -0.05) is 35.9 Å². The van der Waals surface area contributed by atoms with Crippen molar-refractivity contribution in [3.63, 3.8) is 0 Å². The van der Waals surface area contributed by atoms with Crippen LogP contribution >= 0.6 is 11.6 Å². The first-order valence-electron chi connectivity index (χ1n) is 6.02. The Morgan fingerprint density at radius 1 is 1.00 bits per heavy atom. The lowest BCUT2D eigenvalue weighted by atomic mass is 10.2. The number of ether oxygens (including phenoxy) is 2. The molecule has 0 aliphatic heterocycles. The lowest BCUT2D eigenvalue weighted by Gasteiger charge is -2.06. The molecule has 2 aromatic carbocycles. The van der Waals surface area contributed by atoms with Gasteiger partial charge < -0.3 is 9.47 Å². The Morgan fingerprint density at radius 2 is 1.65 bits per heavy atom. The Hall–Kier alpha value is -2.00. The van der Waals surface area contributed by atoms with Gasteiger partial charge in [0.05, 0.1) is 19.8 Å². The zero-order chi connectivity index (χ0) is 15.0. The van der Waals surface area contributed by atoms with Crippen LogP contribution in [0.25, 0.3) is 0 Å². The molecule has 0 saturated heterocycles. The smallest absolute Gasteiger partial charge is 0.256 e. The maximum Gasteiger partial charge on any atom is 0.256 e. The molecule has 0 fully saturated rings. The summed E-state index contributed by atoms with van der Waals surface area (Å²) < 4.78 is 9.92. The minimum absolute atomic E-state index is 0.338. The standard InChI is InChI=1S/C9H9ClO3.C7H8/c1-12-6-3-4-7(9(10)11)8(5-6)13-2;1-7-5-3-2-4-6-7/h3-5H,1-2H3;2-6H,1H3. The van der Waals surface area contributed by atoms with Gasteiger partial charge in [-0.2, -0.15) is 0 Å². The topological polar surface area (TPSA) is 35.5 Å². The first-order chi connectivity index (χ1) is 9.58. The first-order valence-corrected chi connectivity index (χ1v) is 6.39. The molecule has 4 heteroatoms. The Morgan fingerprint density at radius 3 is 2.05 bits per heavy atom. The van der Waals surface area contributed by atoms with Gasteiger partial charge in [0, 0.05) is 6.07 Å². The molecule has 3 nitrogen and oxygen atoms in total. The molecule has 0 amide bonds. The van der Waals surface area contributed by atoms with Crippen molar-refractivity contribution in [1.29, 1.82) is 0 Å². The van der Waals surface area contributed by atoms with E-state index in [9.17, 15) is 4.79 Å². The molecule has 0 radical (unpaired) electrons. The Labute approximate surface area is 124 Å². The van der Waals surface area contributed by atoms with Gasteiger partial charge in [0.2, 0.25) is 0 Å². The van der Waals surface area contributed by atoms with E-state index in [1.807, 2.05) is 18.2 Å². The number of rotatable bonds is 3. The summed E-state index contributed by atoms with van der Waals surface area (Å²) in [6, 6.07) is 15.1. The van der Waals surface area contributed by atoms with Gasteiger partial charge in [-0.25, -0.2) is 0 Å². The molecule has 20 heavy (non-hydrogen) atoms. The van der Waals surface area contributed by atoms with Crippen LogP contribution in [0.3, 0.4) is 0 Å². The summed E-state index contributed by atoms with van der Waals surface area (Å²) in [6.45, 7) is 2.08. The van der Waals surface area contributed by atoms with Gasteiger partial charge in [0.15, 0.2) is 0 Å². The minimum Gasteiger partial charge on any atom is -0.497 e. The highest BCUT2D eigenvalue weighted by atomic mass is 35.5. The van der Waals surface area contributed by atoms with Gasteiger partial charge in [-0.15, -0.1) is 0 Å². The van der Waals surface area contributed by atoms with E-state index in [2.05, 4.69) is 19.1 Å². The fourth-order valence-corrected chi connectivity index (χ4v) is 1.65. The predicted octanol–water partition coefficient (Wildman–Crippen LogP) is 4.08. The van der Waals surface area contributed by atoms with E-state index in [0.29, 0.717) is 17.1 Å². The molecule has 106 valence electrons. The lowest BCUT2D eigenvalue weighted by Crippen LogP contribution is -1.95. The zero-order valence-electron chi connectivity index (χ0n) is 11.7. The SMILES string of the molecule is COc1ccc(C(=O)Cl)c(OC)c1.Cc1ccccc1. The number of benzene rings is 2. The molecule has 0 aromatic heterocycles. The molecule has 0 heterocycles. The maximum absolute atomic E-state index is 10.9. The molecule has 0 atom stereocenters. The third-order valence-electron chi connectivity index (χ3n) is 2.56. The van der Waals surface area contributed by atoms with Crippen LogP contribution in [-0.2, 0) is 0 Å². The molecule has 2 rings (SSSR count). The Bertz CT molecular complexity index is 553. The second-order valence-corrected chi connectivity index (χ2v) is 4.34. The fourth-order valence-electron chi connectivity index (χ4n) is 1.50. The molecule has 0 unspecified atom stereocenters. The zero-order valence-corrected chi connectivity index (χ0v) is 12.5. The summed E-state index contributed by atoms with van der Waals surface area (Å²) in [5.74, 6) is 1.04. The summed E-state index contributed by atoms with van der Waals surface area (Å²) >= 11 is 5.32. The molecular weight excluding hydrogens is 276 g/mol. The summed E-state index contributed by atoms with van der Waals surface area (Å²) in [5, 5.41) is -0.542. The van der Waals surface area contributed by atoms with Gasteiger partial charge in [0.25, 0.3) is 5.24 Å². The number of carbonyl (C=O) groups excluding carboxylic acids is 1. The summed E-state index contributed by atoms with van der Waals surface area (Å²) in [7, 11) is 3.01.